The van der Waals surface area contributed by atoms with Crippen LogP contribution in [0, 0.1) is 5.92 Å². The topological polar surface area (TPSA) is 12.5 Å². The summed E-state index contributed by atoms with van der Waals surface area (Å²) in [5, 5.41) is 0. The van der Waals surface area contributed by atoms with Crippen molar-refractivity contribution in [1.82, 2.24) is 4.90 Å². The lowest BCUT2D eigenvalue weighted by Gasteiger charge is -2.32. The van der Waals surface area contributed by atoms with Crippen molar-refractivity contribution >= 4 is 0 Å². The molecule has 0 aromatic heterocycles. The standard InChI is InChI=1S/C49H93NO/c1-7-10-13-16-18-20-22-24-26-28-30-32-34-36-38-40-43-49(5,51-47-48(4)46-50(6)45-42-15-12-9-3)44-41-39-37-35-33-31-29-27-25-23-21-19-17-14-11-8-2/h18-21,24-27,48H,7-17,22-23,28-47H2,1-6H3/b20-18-,21-19-,26-24-,27-25-/t48-/m0/s1. The van der Waals surface area contributed by atoms with Gasteiger partial charge in [0.2, 0.25) is 0 Å². The molecular formula is C49H93NO. The maximum Gasteiger partial charge on any atom is 0.0654 e. The van der Waals surface area contributed by atoms with Gasteiger partial charge in [0.25, 0.3) is 0 Å². The molecule has 0 saturated heterocycles. The highest BCUT2D eigenvalue weighted by atomic mass is 16.5. The van der Waals surface area contributed by atoms with Gasteiger partial charge in [-0.25, -0.2) is 0 Å². The highest BCUT2D eigenvalue weighted by Gasteiger charge is 2.25. The van der Waals surface area contributed by atoms with Gasteiger partial charge >= 0.3 is 0 Å². The summed E-state index contributed by atoms with van der Waals surface area (Å²) in [6.45, 7) is 15.0. The first-order valence-corrected chi connectivity index (χ1v) is 22.9. The van der Waals surface area contributed by atoms with E-state index in [9.17, 15) is 0 Å². The van der Waals surface area contributed by atoms with Crippen LogP contribution >= 0.6 is 0 Å². The van der Waals surface area contributed by atoms with E-state index in [4.69, 9.17) is 4.74 Å². The molecule has 0 fully saturated rings. The van der Waals surface area contributed by atoms with Gasteiger partial charge in [-0.1, -0.05) is 185 Å². The number of hydrogen-bond donors (Lipinski definition) is 0. The summed E-state index contributed by atoms with van der Waals surface area (Å²) in [5.41, 5.74) is 0.0401. The van der Waals surface area contributed by atoms with Crippen LogP contribution in [0.3, 0.4) is 0 Å². The third-order valence-corrected chi connectivity index (χ3v) is 10.5. The van der Waals surface area contributed by atoms with Crippen molar-refractivity contribution in [3.8, 4) is 0 Å². The fourth-order valence-corrected chi connectivity index (χ4v) is 7.07. The molecule has 2 nitrogen and oxygen atoms in total. The Labute approximate surface area is 322 Å². The molecule has 0 N–H and O–H groups in total. The van der Waals surface area contributed by atoms with Crippen molar-refractivity contribution in [2.24, 2.45) is 5.92 Å². The monoisotopic (exact) mass is 712 g/mol. The Kier molecular flexibility index (Phi) is 39.2. The van der Waals surface area contributed by atoms with E-state index in [1.54, 1.807) is 0 Å². The van der Waals surface area contributed by atoms with E-state index in [-0.39, 0.29) is 5.60 Å². The van der Waals surface area contributed by atoms with Crippen LogP contribution in [0.25, 0.3) is 0 Å². The van der Waals surface area contributed by atoms with E-state index < -0.39 is 0 Å². The van der Waals surface area contributed by atoms with Crippen LogP contribution in [-0.4, -0.2) is 37.2 Å². The molecular weight excluding hydrogens is 619 g/mol. The maximum absolute atomic E-state index is 6.83. The summed E-state index contributed by atoms with van der Waals surface area (Å²) in [6, 6.07) is 0. The third-order valence-electron chi connectivity index (χ3n) is 10.5. The minimum absolute atomic E-state index is 0.0401. The largest absolute Gasteiger partial charge is 0.375 e. The molecule has 300 valence electrons. The fraction of sp³-hybridized carbons (Fsp3) is 0.837. The van der Waals surface area contributed by atoms with Gasteiger partial charge in [0.1, 0.15) is 0 Å². The highest BCUT2D eigenvalue weighted by Crippen LogP contribution is 2.28. The lowest BCUT2D eigenvalue weighted by Crippen LogP contribution is -2.34. The SMILES string of the molecule is CCCCC/C=C\C/C=C\CCCCCCCCC(C)(CCCCCCCC/C=C\C/C=C\CCCCC)OC[C@@H](C)CN(C)CCCCCC. The second-order valence-corrected chi connectivity index (χ2v) is 16.4. The van der Waals surface area contributed by atoms with E-state index in [0.717, 1.165) is 26.0 Å². The Hall–Kier alpha value is -1.12. The van der Waals surface area contributed by atoms with Crippen molar-refractivity contribution in [3.05, 3.63) is 48.6 Å². The van der Waals surface area contributed by atoms with Crippen LogP contribution in [0.2, 0.25) is 0 Å². The minimum atomic E-state index is 0.0401. The Morgan fingerprint density at radius 1 is 0.471 bits per heavy atom. The highest BCUT2D eigenvalue weighted by molar-refractivity contribution is 4.93. The van der Waals surface area contributed by atoms with Crippen molar-refractivity contribution in [1.29, 1.82) is 0 Å². The van der Waals surface area contributed by atoms with Gasteiger partial charge in [-0.2, -0.15) is 0 Å². The summed E-state index contributed by atoms with van der Waals surface area (Å²) >= 11 is 0. The maximum atomic E-state index is 6.83. The smallest absolute Gasteiger partial charge is 0.0654 e. The molecule has 0 aliphatic heterocycles. The number of unbranched alkanes of at least 4 members (excludes halogenated alkanes) is 21. The zero-order valence-electron chi connectivity index (χ0n) is 35.9. The first-order chi connectivity index (χ1) is 25.0. The predicted molar refractivity (Wildman–Crippen MR) is 233 cm³/mol. The van der Waals surface area contributed by atoms with Crippen molar-refractivity contribution in [3.63, 3.8) is 0 Å². The summed E-state index contributed by atoms with van der Waals surface area (Å²) in [7, 11) is 2.30. The van der Waals surface area contributed by atoms with Crippen molar-refractivity contribution in [2.75, 3.05) is 26.7 Å². The van der Waals surface area contributed by atoms with E-state index >= 15 is 0 Å². The van der Waals surface area contributed by atoms with E-state index in [1.165, 1.54) is 186 Å². The van der Waals surface area contributed by atoms with Gasteiger partial charge in [-0.15, -0.1) is 0 Å². The molecule has 0 aromatic carbocycles. The second kappa shape index (κ2) is 40.1. The molecule has 0 aliphatic rings. The number of hydrogen-bond acceptors (Lipinski definition) is 2. The van der Waals surface area contributed by atoms with Crippen LogP contribution in [0.15, 0.2) is 48.6 Å². The van der Waals surface area contributed by atoms with E-state index in [1.807, 2.05) is 0 Å². The van der Waals surface area contributed by atoms with E-state index in [2.05, 4.69) is 95.2 Å². The zero-order valence-corrected chi connectivity index (χ0v) is 35.9. The molecule has 0 bridgehead atoms. The molecule has 0 unspecified atom stereocenters. The summed E-state index contributed by atoms with van der Waals surface area (Å²) in [4.78, 5) is 2.53. The molecule has 2 heteroatoms. The van der Waals surface area contributed by atoms with Gasteiger partial charge in [-0.05, 0) is 110 Å². The van der Waals surface area contributed by atoms with Crippen molar-refractivity contribution < 1.29 is 4.74 Å². The van der Waals surface area contributed by atoms with Gasteiger partial charge in [0.05, 0.1) is 12.2 Å². The average molecular weight is 712 g/mol. The third kappa shape index (κ3) is 38.4. The lowest BCUT2D eigenvalue weighted by atomic mass is 9.90. The van der Waals surface area contributed by atoms with Gasteiger partial charge in [0.15, 0.2) is 0 Å². The Morgan fingerprint density at radius 2 is 0.824 bits per heavy atom. The molecule has 0 spiro atoms. The Bertz CT molecular complexity index is 746. The van der Waals surface area contributed by atoms with Crippen LogP contribution in [0.1, 0.15) is 227 Å². The van der Waals surface area contributed by atoms with Gasteiger partial charge in [0, 0.05) is 6.54 Å². The predicted octanol–water partition coefficient (Wildman–Crippen LogP) is 16.3. The van der Waals surface area contributed by atoms with Crippen LogP contribution in [0.5, 0.6) is 0 Å². The van der Waals surface area contributed by atoms with Crippen LogP contribution < -0.4 is 0 Å². The molecule has 0 radical (unpaired) electrons. The number of rotatable bonds is 40. The molecule has 0 aromatic rings. The molecule has 51 heavy (non-hydrogen) atoms. The number of nitrogens with zero attached hydrogens (tertiary/aromatic N) is 1. The van der Waals surface area contributed by atoms with Gasteiger partial charge < -0.3 is 9.64 Å². The average Bonchev–Trinajstić information content (AvgIpc) is 3.12. The zero-order chi connectivity index (χ0) is 37.4. The van der Waals surface area contributed by atoms with Crippen molar-refractivity contribution in [2.45, 2.75) is 233 Å². The summed E-state index contributed by atoms with van der Waals surface area (Å²) in [6.07, 6.45) is 58.3. The molecule has 0 aliphatic carbocycles. The number of ether oxygens (including phenoxy) is 1. The normalized spacial score (nSPS) is 13.4. The molecule has 0 saturated carbocycles. The van der Waals surface area contributed by atoms with Gasteiger partial charge in [-0.3, -0.25) is 0 Å². The first kappa shape index (κ1) is 49.9. The first-order valence-electron chi connectivity index (χ1n) is 22.9. The Balaban J connectivity index is 4.34. The van der Waals surface area contributed by atoms with E-state index in [0.29, 0.717) is 5.92 Å². The molecule has 1 atom stereocenters. The quantitative estimate of drug-likeness (QED) is 0.0463. The molecule has 0 amide bonds. The second-order valence-electron chi connectivity index (χ2n) is 16.4. The van der Waals surface area contributed by atoms with Crippen LogP contribution in [-0.2, 0) is 4.74 Å². The lowest BCUT2D eigenvalue weighted by molar-refractivity contribution is -0.0624. The number of allylic oxidation sites excluding steroid dienone is 8. The molecule has 0 rings (SSSR count). The van der Waals surface area contributed by atoms with Crippen LogP contribution in [0.4, 0.5) is 0 Å². The summed E-state index contributed by atoms with van der Waals surface area (Å²) < 4.78 is 6.83. The summed E-state index contributed by atoms with van der Waals surface area (Å²) in [5.74, 6) is 0.590. The minimum Gasteiger partial charge on any atom is -0.375 e. The fourth-order valence-electron chi connectivity index (χ4n) is 7.07. The molecule has 0 heterocycles. The Morgan fingerprint density at radius 3 is 1.25 bits per heavy atom.